The molecule has 5 aromatic rings. The first-order valence-corrected chi connectivity index (χ1v) is 12.0. The summed E-state index contributed by atoms with van der Waals surface area (Å²) in [6, 6.07) is 36.2. The molecule has 0 bridgehead atoms. The number of carbonyl (C=O) groups excluding carboxylic acids is 1. The molecule has 0 saturated heterocycles. The molecule has 6 rings (SSSR count). The van der Waals surface area contributed by atoms with Crippen LogP contribution in [-0.2, 0) is 0 Å². The van der Waals surface area contributed by atoms with Gasteiger partial charge in [-0.25, -0.2) is 0 Å². The van der Waals surface area contributed by atoms with Crippen molar-refractivity contribution in [3.63, 3.8) is 0 Å². The second-order valence-corrected chi connectivity index (χ2v) is 9.39. The van der Waals surface area contributed by atoms with Crippen molar-refractivity contribution < 1.29 is 9.90 Å². The van der Waals surface area contributed by atoms with Crippen LogP contribution in [0.15, 0.2) is 115 Å². The molecule has 1 heterocycles. The molecule has 1 N–H and O–H groups in total. The summed E-state index contributed by atoms with van der Waals surface area (Å²) >= 11 is 1.59. The summed E-state index contributed by atoms with van der Waals surface area (Å²) < 4.78 is 0. The normalized spacial score (nSPS) is 16.2. The maximum absolute atomic E-state index is 13.2. The van der Waals surface area contributed by atoms with E-state index in [9.17, 15) is 9.90 Å². The Hall–Kier alpha value is -3.99. The van der Waals surface area contributed by atoms with E-state index in [1.807, 2.05) is 84.9 Å². The molecular formula is C30H21NO2S. The van der Waals surface area contributed by atoms with Crippen LogP contribution in [0.3, 0.4) is 0 Å². The first kappa shape index (κ1) is 20.6. The lowest BCUT2D eigenvalue weighted by atomic mass is 10.0. The highest BCUT2D eigenvalue weighted by Crippen LogP contribution is 2.42. The molecule has 0 amide bonds. The Kier molecular flexibility index (Phi) is 5.10. The molecule has 0 aliphatic heterocycles. The molecule has 0 radical (unpaired) electrons. The van der Waals surface area contributed by atoms with E-state index < -0.39 is 6.10 Å². The molecule has 4 heteroatoms. The van der Waals surface area contributed by atoms with E-state index in [-0.39, 0.29) is 5.78 Å². The van der Waals surface area contributed by atoms with Gasteiger partial charge in [0.2, 0.25) is 0 Å². The van der Waals surface area contributed by atoms with Gasteiger partial charge in [-0.2, -0.15) is 0 Å². The number of nitrogens with zero attached hydrogens (tertiary/aromatic N) is 1. The largest absolute Gasteiger partial charge is 0.383 e. The van der Waals surface area contributed by atoms with Crippen LogP contribution < -0.4 is 4.90 Å². The molecule has 1 aromatic heterocycles. The van der Waals surface area contributed by atoms with Crippen molar-refractivity contribution in [3.8, 4) is 0 Å². The number of hydrogen-bond acceptors (Lipinski definition) is 4. The highest BCUT2D eigenvalue weighted by molar-refractivity contribution is 7.17. The van der Waals surface area contributed by atoms with Gasteiger partial charge in [0.05, 0.1) is 0 Å². The lowest BCUT2D eigenvalue weighted by molar-refractivity contribution is 0.102. The maximum atomic E-state index is 13.2. The number of carbonyl (C=O) groups is 1. The van der Waals surface area contributed by atoms with E-state index in [1.54, 1.807) is 11.3 Å². The van der Waals surface area contributed by atoms with Crippen molar-refractivity contribution in [1.82, 2.24) is 0 Å². The zero-order valence-electron chi connectivity index (χ0n) is 18.3. The number of Topliss-reactive ketones (excluding diaryl/α,β-unsaturated/α-hetero) is 1. The maximum Gasteiger partial charge on any atom is 0.192 e. The summed E-state index contributed by atoms with van der Waals surface area (Å²) in [7, 11) is 0. The van der Waals surface area contributed by atoms with E-state index in [4.69, 9.17) is 0 Å². The monoisotopic (exact) mass is 459 g/mol. The smallest absolute Gasteiger partial charge is 0.192 e. The van der Waals surface area contributed by atoms with Crippen LogP contribution in [0.1, 0.15) is 26.9 Å². The highest BCUT2D eigenvalue weighted by Gasteiger charge is 2.33. The number of ketones is 1. The highest BCUT2D eigenvalue weighted by atomic mass is 32.1. The molecule has 1 aliphatic rings. The van der Waals surface area contributed by atoms with Gasteiger partial charge in [0.15, 0.2) is 5.78 Å². The molecule has 1 aliphatic carbocycles. The average molecular weight is 460 g/mol. The Bertz CT molecular complexity index is 1500. The SMILES string of the molecule is O=C1/C(=C\c2ccc(N(c3ccccc3)c3ccccc3)s2)C(O)c2cc3ccccc3cc21. The third kappa shape index (κ3) is 3.54. The first-order valence-electron chi connectivity index (χ1n) is 11.2. The molecule has 0 spiro atoms. The zero-order chi connectivity index (χ0) is 23.1. The summed E-state index contributed by atoms with van der Waals surface area (Å²) in [5, 5.41) is 14.1. The van der Waals surface area contributed by atoms with Crippen molar-refractivity contribution in [2.24, 2.45) is 0 Å². The summed E-state index contributed by atoms with van der Waals surface area (Å²) in [6.45, 7) is 0. The number of benzene rings is 4. The Morgan fingerprint density at radius 1 is 0.735 bits per heavy atom. The van der Waals surface area contributed by atoms with Gasteiger partial charge in [-0.05, 0) is 70.9 Å². The minimum atomic E-state index is -0.919. The van der Waals surface area contributed by atoms with Crippen molar-refractivity contribution in [2.75, 3.05) is 4.90 Å². The first-order chi connectivity index (χ1) is 16.7. The number of hydrogen-bond donors (Lipinski definition) is 1. The van der Waals surface area contributed by atoms with Crippen molar-refractivity contribution >= 4 is 50.3 Å². The Labute approximate surface area is 201 Å². The summed E-state index contributed by atoms with van der Waals surface area (Å²) in [5.74, 6) is -0.105. The van der Waals surface area contributed by atoms with Crippen LogP contribution in [0, 0.1) is 0 Å². The zero-order valence-corrected chi connectivity index (χ0v) is 19.1. The molecule has 0 saturated carbocycles. The van der Waals surface area contributed by atoms with Gasteiger partial charge in [0.1, 0.15) is 11.1 Å². The third-order valence-corrected chi connectivity index (χ3v) is 7.19. The quantitative estimate of drug-likeness (QED) is 0.280. The fourth-order valence-electron chi connectivity index (χ4n) is 4.52. The molecule has 3 nitrogen and oxygen atoms in total. The Morgan fingerprint density at radius 2 is 1.32 bits per heavy atom. The molecule has 0 fully saturated rings. The number of rotatable bonds is 4. The van der Waals surface area contributed by atoms with Crippen molar-refractivity contribution in [2.45, 2.75) is 6.10 Å². The Morgan fingerprint density at radius 3 is 1.97 bits per heavy atom. The fourth-order valence-corrected chi connectivity index (χ4v) is 5.53. The number of fused-ring (bicyclic) bond motifs is 2. The summed E-state index contributed by atoms with van der Waals surface area (Å²) in [5.41, 5.74) is 3.81. The average Bonchev–Trinajstić information content (AvgIpc) is 3.43. The minimum Gasteiger partial charge on any atom is -0.383 e. The molecule has 4 aromatic carbocycles. The van der Waals surface area contributed by atoms with Gasteiger partial charge in [0, 0.05) is 27.4 Å². The van der Waals surface area contributed by atoms with E-state index in [0.717, 1.165) is 32.0 Å². The van der Waals surface area contributed by atoms with Crippen LogP contribution in [0.2, 0.25) is 0 Å². The topological polar surface area (TPSA) is 40.5 Å². The van der Waals surface area contributed by atoms with Crippen LogP contribution in [0.5, 0.6) is 0 Å². The predicted molar refractivity (Wildman–Crippen MR) is 140 cm³/mol. The molecule has 1 unspecified atom stereocenters. The van der Waals surface area contributed by atoms with Crippen molar-refractivity contribution in [1.29, 1.82) is 0 Å². The second kappa shape index (κ2) is 8.41. The van der Waals surface area contributed by atoms with E-state index in [0.29, 0.717) is 16.7 Å². The lowest BCUT2D eigenvalue weighted by Gasteiger charge is -2.23. The van der Waals surface area contributed by atoms with Gasteiger partial charge < -0.3 is 10.0 Å². The van der Waals surface area contributed by atoms with Gasteiger partial charge in [-0.3, -0.25) is 4.79 Å². The molecule has 164 valence electrons. The van der Waals surface area contributed by atoms with E-state index in [1.165, 1.54) is 0 Å². The van der Waals surface area contributed by atoms with Gasteiger partial charge >= 0.3 is 0 Å². The van der Waals surface area contributed by atoms with Gasteiger partial charge in [-0.1, -0.05) is 60.7 Å². The number of thiophene rings is 1. The summed E-state index contributed by atoms with van der Waals surface area (Å²) in [6.07, 6.45) is 0.914. The van der Waals surface area contributed by atoms with Gasteiger partial charge in [-0.15, -0.1) is 11.3 Å². The number of anilines is 3. The number of aliphatic hydroxyl groups is 1. The molecule has 1 atom stereocenters. The fraction of sp³-hybridized carbons (Fsp3) is 0.0333. The summed E-state index contributed by atoms with van der Waals surface area (Å²) in [4.78, 5) is 16.3. The van der Waals surface area contributed by atoms with Crippen LogP contribution in [0.4, 0.5) is 16.4 Å². The molecular weight excluding hydrogens is 438 g/mol. The number of para-hydroxylation sites is 2. The lowest BCUT2D eigenvalue weighted by Crippen LogP contribution is -2.07. The van der Waals surface area contributed by atoms with Gasteiger partial charge in [0.25, 0.3) is 0 Å². The second-order valence-electron chi connectivity index (χ2n) is 8.30. The van der Waals surface area contributed by atoms with Crippen LogP contribution >= 0.6 is 11.3 Å². The molecule has 34 heavy (non-hydrogen) atoms. The van der Waals surface area contributed by atoms with Crippen molar-refractivity contribution in [3.05, 3.63) is 131 Å². The number of aliphatic hydroxyl groups excluding tert-OH is 1. The minimum absolute atomic E-state index is 0.105. The van der Waals surface area contributed by atoms with E-state index in [2.05, 4.69) is 35.2 Å². The third-order valence-electron chi connectivity index (χ3n) is 6.17. The van der Waals surface area contributed by atoms with Crippen LogP contribution in [-0.4, -0.2) is 10.9 Å². The predicted octanol–water partition coefficient (Wildman–Crippen LogP) is 7.68. The Balaban J connectivity index is 1.39. The van der Waals surface area contributed by atoms with Crippen LogP contribution in [0.25, 0.3) is 16.8 Å². The van der Waals surface area contributed by atoms with E-state index >= 15 is 0 Å². The standard InChI is InChI=1S/C30H21NO2S/c32-29-25-17-20-9-7-8-10-21(20)18-26(25)30(33)27(29)19-24-15-16-28(34-24)31(22-11-3-1-4-12-22)23-13-5-2-6-14-23/h1-19,29,32H/b27-19-.